The Bertz CT molecular complexity index is 444. The van der Waals surface area contributed by atoms with Crippen molar-refractivity contribution in [3.63, 3.8) is 0 Å². The Morgan fingerprint density at radius 2 is 2.10 bits per heavy atom. The monoisotopic (exact) mass is 292 g/mol. The van der Waals surface area contributed by atoms with Crippen molar-refractivity contribution >= 4 is 5.69 Å². The van der Waals surface area contributed by atoms with Crippen molar-refractivity contribution in [3.8, 4) is 5.75 Å². The van der Waals surface area contributed by atoms with Gasteiger partial charge in [0.25, 0.3) is 0 Å². The van der Waals surface area contributed by atoms with Crippen LogP contribution in [0.4, 0.5) is 5.69 Å². The van der Waals surface area contributed by atoms with Crippen molar-refractivity contribution in [1.82, 2.24) is 5.32 Å². The van der Waals surface area contributed by atoms with Crippen LogP contribution in [0.1, 0.15) is 38.3 Å². The summed E-state index contributed by atoms with van der Waals surface area (Å²) in [6, 6.07) is 6.17. The number of phenolic OH excluding ortho intramolecular Hbond substituents is 1. The summed E-state index contributed by atoms with van der Waals surface area (Å²) in [4.78, 5) is 2.23. The molecule has 0 saturated carbocycles. The van der Waals surface area contributed by atoms with E-state index in [2.05, 4.69) is 37.2 Å². The molecule has 0 aliphatic carbocycles. The van der Waals surface area contributed by atoms with Crippen LogP contribution in [0, 0.1) is 5.92 Å². The van der Waals surface area contributed by atoms with Gasteiger partial charge in [0, 0.05) is 50.2 Å². The topological polar surface area (TPSA) is 44.7 Å². The number of hydrogen-bond donors (Lipinski definition) is 2. The summed E-state index contributed by atoms with van der Waals surface area (Å²) < 4.78 is 5.41. The maximum Gasteiger partial charge on any atom is 0.122 e. The minimum Gasteiger partial charge on any atom is -0.508 e. The SMILES string of the molecule is CCNC(C)c1ccc(N(C)CC2CCOCC2)cc1O. The van der Waals surface area contributed by atoms with Crippen LogP contribution in [0.15, 0.2) is 18.2 Å². The molecule has 1 aliphatic heterocycles. The lowest BCUT2D eigenvalue weighted by molar-refractivity contribution is 0.0685. The summed E-state index contributed by atoms with van der Waals surface area (Å²) in [5, 5.41) is 13.6. The van der Waals surface area contributed by atoms with Gasteiger partial charge < -0.3 is 20.1 Å². The Balaban J connectivity index is 2.01. The lowest BCUT2D eigenvalue weighted by Gasteiger charge is -2.29. The van der Waals surface area contributed by atoms with Gasteiger partial charge in [0.15, 0.2) is 0 Å². The van der Waals surface area contributed by atoms with E-state index in [1.807, 2.05) is 12.1 Å². The number of benzene rings is 1. The first-order valence-corrected chi connectivity index (χ1v) is 7.97. The van der Waals surface area contributed by atoms with Gasteiger partial charge in [-0.1, -0.05) is 13.0 Å². The predicted molar refractivity (Wildman–Crippen MR) is 87.0 cm³/mol. The smallest absolute Gasteiger partial charge is 0.122 e. The van der Waals surface area contributed by atoms with Crippen LogP contribution in [-0.4, -0.2) is 38.5 Å². The number of nitrogens with zero attached hydrogens (tertiary/aromatic N) is 1. The zero-order valence-electron chi connectivity index (χ0n) is 13.4. The molecule has 0 spiro atoms. The van der Waals surface area contributed by atoms with E-state index in [9.17, 15) is 5.11 Å². The lowest BCUT2D eigenvalue weighted by Crippen LogP contribution is -2.29. The first-order chi connectivity index (χ1) is 10.1. The van der Waals surface area contributed by atoms with Crippen LogP contribution in [-0.2, 0) is 4.74 Å². The minimum absolute atomic E-state index is 0.171. The molecule has 1 unspecified atom stereocenters. The van der Waals surface area contributed by atoms with Crippen LogP contribution in [0.2, 0.25) is 0 Å². The van der Waals surface area contributed by atoms with Crippen LogP contribution in [0.25, 0.3) is 0 Å². The van der Waals surface area contributed by atoms with E-state index >= 15 is 0 Å². The zero-order valence-corrected chi connectivity index (χ0v) is 13.4. The van der Waals surface area contributed by atoms with Gasteiger partial charge in [0.1, 0.15) is 5.75 Å². The average molecular weight is 292 g/mol. The molecule has 118 valence electrons. The predicted octanol–water partition coefficient (Wildman–Crippen LogP) is 2.93. The molecule has 21 heavy (non-hydrogen) atoms. The summed E-state index contributed by atoms with van der Waals surface area (Å²) in [5.41, 5.74) is 2.03. The number of ether oxygens (including phenoxy) is 1. The van der Waals surface area contributed by atoms with E-state index in [0.717, 1.165) is 50.4 Å². The van der Waals surface area contributed by atoms with Crippen molar-refractivity contribution in [1.29, 1.82) is 0 Å². The van der Waals surface area contributed by atoms with E-state index in [1.54, 1.807) is 0 Å². The Morgan fingerprint density at radius 3 is 2.71 bits per heavy atom. The largest absolute Gasteiger partial charge is 0.508 e. The third-order valence-corrected chi connectivity index (χ3v) is 4.30. The second-order valence-corrected chi connectivity index (χ2v) is 5.96. The molecule has 0 aromatic heterocycles. The lowest BCUT2D eigenvalue weighted by atomic mass is 9.99. The number of aromatic hydroxyl groups is 1. The molecule has 1 aromatic carbocycles. The van der Waals surface area contributed by atoms with Crippen molar-refractivity contribution < 1.29 is 9.84 Å². The molecule has 0 radical (unpaired) electrons. The third-order valence-electron chi connectivity index (χ3n) is 4.30. The van der Waals surface area contributed by atoms with Crippen molar-refractivity contribution in [2.45, 2.75) is 32.7 Å². The highest BCUT2D eigenvalue weighted by Crippen LogP contribution is 2.29. The molecule has 1 saturated heterocycles. The van der Waals surface area contributed by atoms with E-state index in [1.165, 1.54) is 0 Å². The highest BCUT2D eigenvalue weighted by Gasteiger charge is 2.17. The second kappa shape index (κ2) is 7.66. The molecule has 4 nitrogen and oxygen atoms in total. The van der Waals surface area contributed by atoms with E-state index in [0.29, 0.717) is 11.7 Å². The molecular weight excluding hydrogens is 264 g/mol. The molecule has 2 N–H and O–H groups in total. The van der Waals surface area contributed by atoms with Gasteiger partial charge in [0.05, 0.1) is 0 Å². The second-order valence-electron chi connectivity index (χ2n) is 5.96. The van der Waals surface area contributed by atoms with E-state index in [-0.39, 0.29) is 6.04 Å². The summed E-state index contributed by atoms with van der Waals surface area (Å²) in [6.07, 6.45) is 2.26. The number of phenols is 1. The third kappa shape index (κ3) is 4.35. The van der Waals surface area contributed by atoms with Gasteiger partial charge in [-0.25, -0.2) is 0 Å². The summed E-state index contributed by atoms with van der Waals surface area (Å²) in [7, 11) is 2.09. The van der Waals surface area contributed by atoms with Crippen molar-refractivity contribution in [2.24, 2.45) is 5.92 Å². The zero-order chi connectivity index (χ0) is 15.2. The van der Waals surface area contributed by atoms with Crippen LogP contribution < -0.4 is 10.2 Å². The van der Waals surface area contributed by atoms with E-state index in [4.69, 9.17) is 4.74 Å². The van der Waals surface area contributed by atoms with Gasteiger partial charge >= 0.3 is 0 Å². The molecule has 1 heterocycles. The molecule has 1 aliphatic rings. The fourth-order valence-corrected chi connectivity index (χ4v) is 2.97. The van der Waals surface area contributed by atoms with E-state index < -0.39 is 0 Å². The summed E-state index contributed by atoms with van der Waals surface area (Å²) >= 11 is 0. The summed E-state index contributed by atoms with van der Waals surface area (Å²) in [5.74, 6) is 1.06. The fourth-order valence-electron chi connectivity index (χ4n) is 2.97. The molecule has 1 atom stereocenters. The first-order valence-electron chi connectivity index (χ1n) is 7.97. The molecule has 2 rings (SSSR count). The Morgan fingerprint density at radius 1 is 1.38 bits per heavy atom. The maximum atomic E-state index is 10.3. The van der Waals surface area contributed by atoms with Crippen LogP contribution in [0.3, 0.4) is 0 Å². The van der Waals surface area contributed by atoms with Crippen molar-refractivity contribution in [2.75, 3.05) is 38.3 Å². The molecule has 1 aromatic rings. The van der Waals surface area contributed by atoms with Gasteiger partial charge in [0.2, 0.25) is 0 Å². The van der Waals surface area contributed by atoms with Gasteiger partial charge in [-0.15, -0.1) is 0 Å². The highest BCUT2D eigenvalue weighted by molar-refractivity contribution is 5.53. The Hall–Kier alpha value is -1.26. The number of anilines is 1. The molecule has 1 fully saturated rings. The normalized spacial score (nSPS) is 17.7. The molecular formula is C17H28N2O2. The molecule has 4 heteroatoms. The van der Waals surface area contributed by atoms with Crippen LogP contribution >= 0.6 is 0 Å². The minimum atomic E-state index is 0.171. The standard InChI is InChI=1S/C17H28N2O2/c1-4-18-13(2)16-6-5-15(11-17(16)20)19(3)12-14-7-9-21-10-8-14/h5-6,11,13-14,18,20H,4,7-10,12H2,1-3H3. The number of rotatable bonds is 6. The van der Waals surface area contributed by atoms with Crippen LogP contribution in [0.5, 0.6) is 5.75 Å². The van der Waals surface area contributed by atoms with Crippen molar-refractivity contribution in [3.05, 3.63) is 23.8 Å². The van der Waals surface area contributed by atoms with Gasteiger partial charge in [-0.05, 0) is 38.3 Å². The Labute approximate surface area is 128 Å². The first kappa shape index (κ1) is 16.1. The van der Waals surface area contributed by atoms with Gasteiger partial charge in [-0.2, -0.15) is 0 Å². The molecule has 0 amide bonds. The quantitative estimate of drug-likeness (QED) is 0.846. The van der Waals surface area contributed by atoms with Gasteiger partial charge in [-0.3, -0.25) is 0 Å². The number of nitrogens with one attached hydrogen (secondary N) is 1. The maximum absolute atomic E-state index is 10.3. The summed E-state index contributed by atoms with van der Waals surface area (Å²) in [6.45, 7) is 7.82. The Kier molecular flexibility index (Phi) is 5.88. The highest BCUT2D eigenvalue weighted by atomic mass is 16.5. The molecule has 0 bridgehead atoms. The number of hydrogen-bond acceptors (Lipinski definition) is 4. The average Bonchev–Trinajstić information content (AvgIpc) is 2.48. The fraction of sp³-hybridized carbons (Fsp3) is 0.647.